The molecular weight excluding hydrogens is 240 g/mol. The molecule has 0 radical (unpaired) electrons. The van der Waals surface area contributed by atoms with Gasteiger partial charge in [0.1, 0.15) is 6.20 Å². The molecule has 9 nitrogen and oxygen atoms in total. The second kappa shape index (κ2) is 4.28. The first-order valence-corrected chi connectivity index (χ1v) is 4.97. The molecule has 94 valence electrons. The third-order valence-corrected chi connectivity index (χ3v) is 2.30. The highest BCUT2D eigenvalue weighted by atomic mass is 16.6. The molecule has 2 aromatic rings. The maximum atomic E-state index is 10.8. The van der Waals surface area contributed by atoms with Crippen LogP contribution in [0.3, 0.4) is 0 Å². The largest absolute Gasteiger partial charge is 0.368 e. The summed E-state index contributed by atoms with van der Waals surface area (Å²) in [5, 5.41) is 14.8. The lowest BCUT2D eigenvalue weighted by Crippen LogP contribution is -2.31. The molecule has 0 bridgehead atoms. The second-order valence-electron chi connectivity index (χ2n) is 3.66. The molecule has 18 heavy (non-hydrogen) atoms. The number of nitrogens with two attached hydrogens (primary N) is 1. The lowest BCUT2D eigenvalue weighted by molar-refractivity contribution is -0.391. The smallest absolute Gasteiger partial charge is 0.368 e. The Morgan fingerprint density at radius 3 is 2.94 bits per heavy atom. The highest BCUT2D eigenvalue weighted by Gasteiger charge is 2.17. The van der Waals surface area contributed by atoms with E-state index in [0.29, 0.717) is 11.5 Å². The fraction of sp³-hybridized carbons (Fsp3) is 0.222. The maximum absolute atomic E-state index is 10.8. The third kappa shape index (κ3) is 2.05. The summed E-state index contributed by atoms with van der Waals surface area (Å²) in [4.78, 5) is 26.3. The lowest BCUT2D eigenvalue weighted by atomic mass is 10.4. The van der Waals surface area contributed by atoms with Crippen molar-refractivity contribution in [2.24, 2.45) is 5.73 Å². The molecule has 2 aromatic heterocycles. The van der Waals surface area contributed by atoms with Crippen molar-refractivity contribution in [1.82, 2.24) is 14.6 Å². The predicted octanol–water partition coefficient (Wildman–Crippen LogP) is -0.441. The molecule has 1 amide bonds. The average Bonchev–Trinajstić information content (AvgIpc) is 2.70. The number of rotatable bonds is 4. The van der Waals surface area contributed by atoms with Gasteiger partial charge in [-0.15, -0.1) is 0 Å². The van der Waals surface area contributed by atoms with E-state index in [2.05, 4.69) is 10.1 Å². The number of nitrogens with zero attached hydrogens (tertiary/aromatic N) is 5. The lowest BCUT2D eigenvalue weighted by Gasteiger charge is -2.13. The SMILES string of the molecule is CN(CC(N)=O)c1ccc2ncc([N+](=O)[O-])n2n1. The first kappa shape index (κ1) is 11.8. The van der Waals surface area contributed by atoms with Crippen LogP contribution in [0.15, 0.2) is 18.3 Å². The number of hydrogen-bond donors (Lipinski definition) is 1. The zero-order valence-corrected chi connectivity index (χ0v) is 9.48. The van der Waals surface area contributed by atoms with Gasteiger partial charge in [-0.25, -0.2) is 4.98 Å². The van der Waals surface area contributed by atoms with Crippen LogP contribution in [0.25, 0.3) is 5.65 Å². The zero-order valence-electron chi connectivity index (χ0n) is 9.48. The van der Waals surface area contributed by atoms with Crippen molar-refractivity contribution >= 4 is 23.2 Å². The normalized spacial score (nSPS) is 10.5. The van der Waals surface area contributed by atoms with Crippen LogP contribution in [0.4, 0.5) is 11.6 Å². The highest BCUT2D eigenvalue weighted by molar-refractivity contribution is 5.79. The minimum Gasteiger partial charge on any atom is -0.368 e. The van der Waals surface area contributed by atoms with Crippen molar-refractivity contribution in [3.63, 3.8) is 0 Å². The van der Waals surface area contributed by atoms with Gasteiger partial charge in [-0.05, 0) is 11.0 Å². The molecule has 2 N–H and O–H groups in total. The molecule has 0 aliphatic rings. The summed E-state index contributed by atoms with van der Waals surface area (Å²) in [5.41, 5.74) is 5.42. The van der Waals surface area contributed by atoms with E-state index in [1.165, 1.54) is 4.90 Å². The van der Waals surface area contributed by atoms with E-state index >= 15 is 0 Å². The van der Waals surface area contributed by atoms with Crippen molar-refractivity contribution < 1.29 is 9.72 Å². The van der Waals surface area contributed by atoms with E-state index in [1.54, 1.807) is 19.2 Å². The molecule has 0 aromatic carbocycles. The van der Waals surface area contributed by atoms with Gasteiger partial charge in [0.25, 0.3) is 0 Å². The van der Waals surface area contributed by atoms with Crippen LogP contribution >= 0.6 is 0 Å². The molecule has 0 aliphatic carbocycles. The Hall–Kier alpha value is -2.71. The van der Waals surface area contributed by atoms with Crippen molar-refractivity contribution in [2.75, 3.05) is 18.5 Å². The second-order valence-corrected chi connectivity index (χ2v) is 3.66. The first-order chi connectivity index (χ1) is 8.49. The molecular formula is C9H10N6O3. The van der Waals surface area contributed by atoms with Crippen LogP contribution in [0, 0.1) is 10.1 Å². The summed E-state index contributed by atoms with van der Waals surface area (Å²) in [7, 11) is 1.61. The number of nitro groups is 1. The van der Waals surface area contributed by atoms with E-state index in [4.69, 9.17) is 5.73 Å². The number of anilines is 1. The number of carbonyl (C=O) groups excluding carboxylic acids is 1. The molecule has 0 aliphatic heterocycles. The van der Waals surface area contributed by atoms with E-state index in [1.807, 2.05) is 0 Å². The summed E-state index contributed by atoms with van der Waals surface area (Å²) in [6, 6.07) is 3.18. The van der Waals surface area contributed by atoms with Gasteiger partial charge in [-0.2, -0.15) is 0 Å². The third-order valence-electron chi connectivity index (χ3n) is 2.30. The zero-order chi connectivity index (χ0) is 13.3. The molecule has 0 spiro atoms. The maximum Gasteiger partial charge on any atom is 0.368 e. The minimum atomic E-state index is -0.579. The standard InChI is InChI=1S/C9H10N6O3/c1-13(5-6(10)16)8-3-2-7-11-4-9(15(17)18)14(7)12-8/h2-4H,5H2,1H3,(H2,10,16). The molecule has 9 heteroatoms. The topological polar surface area (TPSA) is 120 Å². The van der Waals surface area contributed by atoms with Crippen LogP contribution in [-0.4, -0.2) is 39.0 Å². The van der Waals surface area contributed by atoms with Crippen molar-refractivity contribution in [3.8, 4) is 0 Å². The van der Waals surface area contributed by atoms with Gasteiger partial charge in [0, 0.05) is 13.1 Å². The predicted molar refractivity (Wildman–Crippen MR) is 62.1 cm³/mol. The van der Waals surface area contributed by atoms with Gasteiger partial charge >= 0.3 is 5.82 Å². The number of fused-ring (bicyclic) bond motifs is 1. The number of carbonyl (C=O) groups is 1. The molecule has 0 saturated heterocycles. The quantitative estimate of drug-likeness (QED) is 0.580. The Bertz CT molecular complexity index is 622. The average molecular weight is 250 g/mol. The van der Waals surface area contributed by atoms with Gasteiger partial charge in [-0.3, -0.25) is 4.79 Å². The van der Waals surface area contributed by atoms with E-state index in [9.17, 15) is 14.9 Å². The van der Waals surface area contributed by atoms with Gasteiger partial charge in [-0.1, -0.05) is 9.61 Å². The summed E-state index contributed by atoms with van der Waals surface area (Å²) >= 11 is 0. The number of aromatic nitrogens is 3. The number of primary amides is 1. The number of hydrogen-bond acceptors (Lipinski definition) is 6. The Balaban J connectivity index is 2.45. The summed E-state index contributed by atoms with van der Waals surface area (Å²) in [6.07, 6.45) is 1.13. The van der Waals surface area contributed by atoms with Crippen LogP contribution in [0.5, 0.6) is 0 Å². The molecule has 0 saturated carbocycles. The van der Waals surface area contributed by atoms with Crippen molar-refractivity contribution in [3.05, 3.63) is 28.4 Å². The Kier molecular flexibility index (Phi) is 2.80. The molecule has 0 fully saturated rings. The molecule has 0 unspecified atom stereocenters. The highest BCUT2D eigenvalue weighted by Crippen LogP contribution is 2.16. The summed E-state index contributed by atoms with van der Waals surface area (Å²) < 4.78 is 1.10. The van der Waals surface area contributed by atoms with E-state index < -0.39 is 10.8 Å². The molecule has 0 atom stereocenters. The van der Waals surface area contributed by atoms with Crippen LogP contribution in [0.2, 0.25) is 0 Å². The Morgan fingerprint density at radius 1 is 1.61 bits per heavy atom. The van der Waals surface area contributed by atoms with Gasteiger partial charge < -0.3 is 20.7 Å². The van der Waals surface area contributed by atoms with Crippen molar-refractivity contribution in [2.45, 2.75) is 0 Å². The van der Waals surface area contributed by atoms with Gasteiger partial charge in [0.15, 0.2) is 5.82 Å². The van der Waals surface area contributed by atoms with Crippen LogP contribution < -0.4 is 10.6 Å². The number of imidazole rings is 1. The van der Waals surface area contributed by atoms with Crippen molar-refractivity contribution in [1.29, 1.82) is 0 Å². The summed E-state index contributed by atoms with van der Waals surface area (Å²) in [6.45, 7) is -0.0268. The van der Waals surface area contributed by atoms with Gasteiger partial charge in [0.05, 0.1) is 6.54 Å². The Labute approximate surface area is 101 Å². The van der Waals surface area contributed by atoms with Gasteiger partial charge in [0.2, 0.25) is 11.6 Å². The molecule has 2 heterocycles. The molecule has 2 rings (SSSR count). The van der Waals surface area contributed by atoms with E-state index in [0.717, 1.165) is 10.7 Å². The fourth-order valence-corrected chi connectivity index (χ4v) is 1.49. The first-order valence-electron chi connectivity index (χ1n) is 4.97. The monoisotopic (exact) mass is 250 g/mol. The van der Waals surface area contributed by atoms with E-state index in [-0.39, 0.29) is 12.4 Å². The van der Waals surface area contributed by atoms with Crippen LogP contribution in [-0.2, 0) is 4.79 Å². The number of likely N-dealkylation sites (N-methyl/N-ethyl adjacent to an activating group) is 1. The number of amides is 1. The minimum absolute atomic E-state index is 0.0268. The fourth-order valence-electron chi connectivity index (χ4n) is 1.49. The summed E-state index contributed by atoms with van der Waals surface area (Å²) in [5.74, 6) is -0.360. The van der Waals surface area contributed by atoms with Crippen LogP contribution in [0.1, 0.15) is 0 Å². The Morgan fingerprint density at radius 2 is 2.33 bits per heavy atom.